The molecule has 0 spiro atoms. The average molecular weight is 499 g/mol. The summed E-state index contributed by atoms with van der Waals surface area (Å²) in [6, 6.07) is 15.7. The highest BCUT2D eigenvalue weighted by atomic mass is 19.3. The number of imidazole rings is 1. The second-order valence-electron chi connectivity index (χ2n) is 7.45. The summed E-state index contributed by atoms with van der Waals surface area (Å²) in [5.74, 6) is -1.48. The zero-order chi connectivity index (χ0) is 25.7. The Bertz CT molecular complexity index is 1390. The van der Waals surface area contributed by atoms with Gasteiger partial charge in [-0.25, -0.2) is 14.2 Å². The molecule has 8 nitrogen and oxygen atoms in total. The van der Waals surface area contributed by atoms with E-state index in [2.05, 4.69) is 10.3 Å². The fourth-order valence-electron chi connectivity index (χ4n) is 3.41. The summed E-state index contributed by atoms with van der Waals surface area (Å²) in [6.07, 6.45) is 0. The van der Waals surface area contributed by atoms with Crippen molar-refractivity contribution in [3.8, 4) is 11.5 Å². The number of esters is 1. The molecule has 1 amide bonds. The minimum absolute atomic E-state index is 0.0784. The number of aromatic nitrogens is 2. The summed E-state index contributed by atoms with van der Waals surface area (Å²) in [5.41, 5.74) is 1.06. The fraction of sp³-hybridized carbons (Fsp3) is 0.160. The molecule has 1 aromatic heterocycles. The number of benzene rings is 3. The van der Waals surface area contributed by atoms with Crippen molar-refractivity contribution in [2.75, 3.05) is 19.0 Å². The molecule has 0 saturated heterocycles. The van der Waals surface area contributed by atoms with Gasteiger partial charge in [0.15, 0.2) is 23.9 Å². The molecule has 0 aliphatic heterocycles. The van der Waals surface area contributed by atoms with Gasteiger partial charge < -0.3 is 19.5 Å². The topological polar surface area (TPSA) is 91.7 Å². The molecule has 0 saturated carbocycles. The third-order valence-electron chi connectivity index (χ3n) is 5.08. The van der Waals surface area contributed by atoms with E-state index in [0.717, 1.165) is 0 Å². The maximum Gasteiger partial charge on any atom is 0.338 e. The lowest BCUT2D eigenvalue weighted by molar-refractivity contribution is -0.118. The van der Waals surface area contributed by atoms with Gasteiger partial charge in [-0.3, -0.25) is 9.36 Å². The molecule has 186 valence electrons. The van der Waals surface area contributed by atoms with Gasteiger partial charge in [0.2, 0.25) is 0 Å². The van der Waals surface area contributed by atoms with Crippen LogP contribution in [-0.2, 0) is 16.1 Å². The van der Waals surface area contributed by atoms with Crippen LogP contribution in [0.25, 0.3) is 11.0 Å². The molecule has 4 aromatic rings. The van der Waals surface area contributed by atoms with Crippen molar-refractivity contribution in [2.45, 2.75) is 13.2 Å². The number of halogens is 3. The second kappa shape index (κ2) is 10.8. The Labute approximate surface area is 203 Å². The van der Waals surface area contributed by atoms with Gasteiger partial charge in [-0.15, -0.1) is 0 Å². The number of nitrogens with one attached hydrogen (secondary N) is 1. The number of methoxy groups -OCH3 is 1. The number of para-hydroxylation sites is 2. The van der Waals surface area contributed by atoms with Crippen LogP contribution in [-0.4, -0.2) is 35.1 Å². The standard InChI is InChI=1S/C25H20F3N3O5/c1-34-21-12-15(6-11-20(21)35-14-23(32)29-17-9-7-16(26)8-10-17)24(33)36-13-22-30-18-4-2-3-5-19(18)31(22)25(27)28/h2-12,25H,13-14H2,1H3,(H,29,32). The smallest absolute Gasteiger partial charge is 0.338 e. The van der Waals surface area contributed by atoms with E-state index in [1.165, 1.54) is 55.6 Å². The lowest BCUT2D eigenvalue weighted by Crippen LogP contribution is -2.20. The highest BCUT2D eigenvalue weighted by Crippen LogP contribution is 2.29. The average Bonchev–Trinajstić information content (AvgIpc) is 3.26. The molecule has 0 radical (unpaired) electrons. The van der Waals surface area contributed by atoms with E-state index in [1.807, 2.05) is 0 Å². The van der Waals surface area contributed by atoms with Gasteiger partial charge in [0.1, 0.15) is 12.4 Å². The van der Waals surface area contributed by atoms with Gasteiger partial charge in [0.05, 0.1) is 23.7 Å². The monoisotopic (exact) mass is 499 g/mol. The van der Waals surface area contributed by atoms with Crippen LogP contribution in [0.15, 0.2) is 66.7 Å². The summed E-state index contributed by atoms with van der Waals surface area (Å²) >= 11 is 0. The number of rotatable bonds is 9. The van der Waals surface area contributed by atoms with Gasteiger partial charge in [0.25, 0.3) is 5.91 Å². The SMILES string of the molecule is COc1cc(C(=O)OCc2nc3ccccc3n2C(F)F)ccc1OCC(=O)Nc1ccc(F)cc1. The Morgan fingerprint density at radius 3 is 2.50 bits per heavy atom. The first kappa shape index (κ1) is 24.6. The lowest BCUT2D eigenvalue weighted by Gasteiger charge is -2.12. The zero-order valence-corrected chi connectivity index (χ0v) is 18.9. The molecule has 0 atom stereocenters. The number of anilines is 1. The van der Waals surface area contributed by atoms with Crippen molar-refractivity contribution in [1.82, 2.24) is 9.55 Å². The van der Waals surface area contributed by atoms with Crippen molar-refractivity contribution >= 4 is 28.6 Å². The Morgan fingerprint density at radius 1 is 1.03 bits per heavy atom. The number of carbonyl (C=O) groups is 2. The summed E-state index contributed by atoms with van der Waals surface area (Å²) in [6.45, 7) is -3.70. The first-order chi connectivity index (χ1) is 17.4. The lowest BCUT2D eigenvalue weighted by atomic mass is 10.2. The number of alkyl halides is 2. The Kier molecular flexibility index (Phi) is 7.38. The highest BCUT2D eigenvalue weighted by molar-refractivity contribution is 5.92. The molecule has 0 aliphatic rings. The van der Waals surface area contributed by atoms with E-state index in [1.54, 1.807) is 18.2 Å². The van der Waals surface area contributed by atoms with Gasteiger partial charge in [-0.05, 0) is 54.6 Å². The van der Waals surface area contributed by atoms with E-state index < -0.39 is 30.8 Å². The van der Waals surface area contributed by atoms with Crippen molar-refractivity contribution in [1.29, 1.82) is 0 Å². The first-order valence-electron chi connectivity index (χ1n) is 10.6. The minimum atomic E-state index is -2.86. The normalized spacial score (nSPS) is 10.9. The summed E-state index contributed by atoms with van der Waals surface area (Å²) < 4.78 is 56.7. The van der Waals surface area contributed by atoms with Crippen molar-refractivity contribution < 1.29 is 37.0 Å². The van der Waals surface area contributed by atoms with Crippen molar-refractivity contribution in [2.24, 2.45) is 0 Å². The van der Waals surface area contributed by atoms with Gasteiger partial charge in [-0.2, -0.15) is 8.78 Å². The molecule has 1 heterocycles. The summed E-state index contributed by atoms with van der Waals surface area (Å²) in [7, 11) is 1.35. The fourth-order valence-corrected chi connectivity index (χ4v) is 3.41. The van der Waals surface area contributed by atoms with Gasteiger partial charge in [0, 0.05) is 5.69 Å². The zero-order valence-electron chi connectivity index (χ0n) is 18.9. The number of hydrogen-bond donors (Lipinski definition) is 1. The quantitative estimate of drug-likeness (QED) is 0.328. The van der Waals surface area contributed by atoms with Crippen LogP contribution in [0.4, 0.5) is 18.9 Å². The maximum atomic E-state index is 13.6. The second-order valence-corrected chi connectivity index (χ2v) is 7.45. The molecule has 3 aromatic carbocycles. The molecule has 4 rings (SSSR count). The van der Waals surface area contributed by atoms with E-state index >= 15 is 0 Å². The third kappa shape index (κ3) is 5.57. The predicted molar refractivity (Wildman–Crippen MR) is 124 cm³/mol. The van der Waals surface area contributed by atoms with E-state index in [9.17, 15) is 22.8 Å². The number of amides is 1. The predicted octanol–water partition coefficient (Wildman–Crippen LogP) is 4.95. The van der Waals surface area contributed by atoms with Gasteiger partial charge >= 0.3 is 12.5 Å². The maximum absolute atomic E-state index is 13.6. The van der Waals surface area contributed by atoms with E-state index in [4.69, 9.17) is 14.2 Å². The number of ether oxygens (including phenoxy) is 3. The van der Waals surface area contributed by atoms with Crippen LogP contribution in [0.3, 0.4) is 0 Å². The van der Waals surface area contributed by atoms with Crippen LogP contribution in [0.1, 0.15) is 22.7 Å². The van der Waals surface area contributed by atoms with Crippen molar-refractivity contribution in [3.63, 3.8) is 0 Å². The Hall–Kier alpha value is -4.54. The summed E-state index contributed by atoms with van der Waals surface area (Å²) in [4.78, 5) is 28.8. The molecule has 36 heavy (non-hydrogen) atoms. The first-order valence-corrected chi connectivity index (χ1v) is 10.6. The van der Waals surface area contributed by atoms with Crippen molar-refractivity contribution in [3.05, 3.63) is 83.9 Å². The number of carbonyl (C=O) groups excluding carboxylic acids is 2. The molecule has 1 N–H and O–H groups in total. The van der Waals surface area contributed by atoms with Crippen LogP contribution < -0.4 is 14.8 Å². The van der Waals surface area contributed by atoms with Crippen LogP contribution in [0.5, 0.6) is 11.5 Å². The molecule has 11 heteroatoms. The largest absolute Gasteiger partial charge is 0.493 e. The number of nitrogens with zero attached hydrogens (tertiary/aromatic N) is 2. The molecule has 0 fully saturated rings. The molecule has 0 unspecified atom stereocenters. The molecular formula is C25H20F3N3O5. The van der Waals surface area contributed by atoms with Crippen LogP contribution in [0, 0.1) is 5.82 Å². The summed E-state index contributed by atoms with van der Waals surface area (Å²) in [5, 5.41) is 2.55. The third-order valence-corrected chi connectivity index (χ3v) is 5.08. The molecular weight excluding hydrogens is 479 g/mol. The van der Waals surface area contributed by atoms with Crippen LogP contribution in [0.2, 0.25) is 0 Å². The van der Waals surface area contributed by atoms with E-state index in [-0.39, 0.29) is 35.0 Å². The Morgan fingerprint density at radius 2 is 1.78 bits per heavy atom. The van der Waals surface area contributed by atoms with Gasteiger partial charge in [-0.1, -0.05) is 12.1 Å². The van der Waals surface area contributed by atoms with Crippen LogP contribution >= 0.6 is 0 Å². The highest BCUT2D eigenvalue weighted by Gasteiger charge is 2.20. The number of hydrogen-bond acceptors (Lipinski definition) is 6. The van der Waals surface area contributed by atoms with E-state index in [0.29, 0.717) is 15.8 Å². The number of fused-ring (bicyclic) bond motifs is 1. The molecule has 0 bridgehead atoms. The Balaban J connectivity index is 1.39. The molecule has 0 aliphatic carbocycles. The minimum Gasteiger partial charge on any atom is -0.493 e.